The van der Waals surface area contributed by atoms with Crippen molar-refractivity contribution < 1.29 is 14.3 Å². The summed E-state index contributed by atoms with van der Waals surface area (Å²) in [6, 6.07) is 14.2. The van der Waals surface area contributed by atoms with Crippen LogP contribution in [0.25, 0.3) is 0 Å². The molecule has 2 aromatic carbocycles. The molecule has 2 fully saturated rings. The minimum atomic E-state index is -0.602. The van der Waals surface area contributed by atoms with Crippen LogP contribution >= 0.6 is 23.4 Å². The molecule has 2 aliphatic heterocycles. The predicted octanol–water partition coefficient (Wildman–Crippen LogP) is 6.00. The highest BCUT2D eigenvalue weighted by Crippen LogP contribution is 2.46. The molecule has 0 spiro atoms. The third-order valence-corrected chi connectivity index (χ3v) is 8.92. The average molecular weight is 523 g/mol. The first-order valence-corrected chi connectivity index (χ1v) is 13.8. The molecular weight excluding hydrogens is 492 g/mol. The van der Waals surface area contributed by atoms with E-state index in [4.69, 9.17) is 16.3 Å². The van der Waals surface area contributed by atoms with Crippen LogP contribution in [0.4, 0.5) is 0 Å². The van der Waals surface area contributed by atoms with Gasteiger partial charge in [0.15, 0.2) is 0 Å². The number of allylic oxidation sites excluding steroid dienone is 3. The molecule has 36 heavy (non-hydrogen) atoms. The van der Waals surface area contributed by atoms with Crippen LogP contribution in [-0.2, 0) is 16.1 Å². The molecule has 0 saturated carbocycles. The first kappa shape index (κ1) is 25.0. The van der Waals surface area contributed by atoms with Gasteiger partial charge in [0.1, 0.15) is 23.2 Å². The number of piperazine rings is 1. The number of carbonyl (C=O) groups excluding carboxylic acids is 2. The summed E-state index contributed by atoms with van der Waals surface area (Å²) in [5.74, 6) is 1.84. The summed E-state index contributed by atoms with van der Waals surface area (Å²) < 4.78 is 5.29. The van der Waals surface area contributed by atoms with Crippen LogP contribution in [0, 0.1) is 5.92 Å². The molecule has 3 atom stereocenters. The van der Waals surface area contributed by atoms with Crippen LogP contribution < -0.4 is 4.74 Å². The third kappa shape index (κ3) is 4.69. The van der Waals surface area contributed by atoms with Crippen molar-refractivity contribution in [3.05, 3.63) is 88.0 Å². The van der Waals surface area contributed by atoms with Gasteiger partial charge in [-0.05, 0) is 59.7 Å². The van der Waals surface area contributed by atoms with Gasteiger partial charge in [-0.15, -0.1) is 11.8 Å². The fraction of sp³-hybridized carbons (Fsp3) is 0.379. The highest BCUT2D eigenvalue weighted by atomic mass is 35.5. The van der Waals surface area contributed by atoms with Crippen LogP contribution in [0.15, 0.2) is 71.8 Å². The molecule has 2 saturated heterocycles. The van der Waals surface area contributed by atoms with E-state index >= 15 is 0 Å². The second-order valence-electron chi connectivity index (χ2n) is 9.85. The van der Waals surface area contributed by atoms with E-state index in [0.717, 1.165) is 35.3 Å². The standard InChI is InChI=1S/C29H31ClN2O3S/c1-18(2)20-6-8-21(9-7-20)26-28(34)32-25(17-36-29(32)22-10-12-23(30)13-11-22)27(33)31(26)16-19-4-14-24(35-3)15-5-19/h4-6,8,10-15,18,25-26,29H,7,9,16-17H2,1-3H3. The summed E-state index contributed by atoms with van der Waals surface area (Å²) in [6.45, 7) is 4.77. The van der Waals surface area contributed by atoms with Gasteiger partial charge in [0, 0.05) is 17.3 Å². The summed E-state index contributed by atoms with van der Waals surface area (Å²) in [7, 11) is 1.63. The van der Waals surface area contributed by atoms with Crippen molar-refractivity contribution in [2.75, 3.05) is 12.9 Å². The molecule has 7 heteroatoms. The van der Waals surface area contributed by atoms with E-state index in [0.29, 0.717) is 23.2 Å². The van der Waals surface area contributed by atoms with Gasteiger partial charge < -0.3 is 14.5 Å². The average Bonchev–Trinajstić information content (AvgIpc) is 3.34. The van der Waals surface area contributed by atoms with Gasteiger partial charge in [-0.3, -0.25) is 9.59 Å². The fourth-order valence-corrected chi connectivity index (χ4v) is 6.83. The van der Waals surface area contributed by atoms with E-state index in [-0.39, 0.29) is 17.2 Å². The van der Waals surface area contributed by atoms with E-state index in [1.807, 2.05) is 53.4 Å². The van der Waals surface area contributed by atoms with E-state index in [1.54, 1.807) is 23.8 Å². The largest absolute Gasteiger partial charge is 0.497 e. The van der Waals surface area contributed by atoms with Crippen molar-refractivity contribution in [3.8, 4) is 5.75 Å². The maximum atomic E-state index is 14.2. The molecule has 3 aliphatic rings. The number of carbonyl (C=O) groups is 2. The number of halogens is 1. The Bertz CT molecular complexity index is 1210. The van der Waals surface area contributed by atoms with Crippen LogP contribution in [0.5, 0.6) is 5.75 Å². The van der Waals surface area contributed by atoms with Gasteiger partial charge in [0.2, 0.25) is 5.91 Å². The number of ether oxygens (including phenoxy) is 1. The van der Waals surface area contributed by atoms with Crippen LogP contribution in [-0.4, -0.2) is 46.6 Å². The van der Waals surface area contributed by atoms with Crippen molar-refractivity contribution >= 4 is 35.2 Å². The zero-order chi connectivity index (χ0) is 25.4. The number of nitrogens with zero attached hydrogens (tertiary/aromatic N) is 2. The monoisotopic (exact) mass is 522 g/mol. The number of rotatable bonds is 6. The summed E-state index contributed by atoms with van der Waals surface area (Å²) >= 11 is 7.76. The molecule has 0 N–H and O–H groups in total. The number of benzene rings is 2. The molecule has 5 rings (SSSR count). The zero-order valence-electron chi connectivity index (χ0n) is 20.8. The fourth-order valence-electron chi connectivity index (χ4n) is 5.28. The number of fused-ring (bicyclic) bond motifs is 1. The minimum absolute atomic E-state index is 0.00529. The highest BCUT2D eigenvalue weighted by molar-refractivity contribution is 7.99. The smallest absolute Gasteiger partial charge is 0.251 e. The summed E-state index contributed by atoms with van der Waals surface area (Å²) in [5, 5.41) is 0.461. The van der Waals surface area contributed by atoms with Crippen LogP contribution in [0.1, 0.15) is 43.2 Å². The minimum Gasteiger partial charge on any atom is -0.497 e. The SMILES string of the molecule is COc1ccc(CN2C(=O)C3CSC(c4ccc(Cl)cc4)N3C(=O)C2C2=CC=C(C(C)C)CC2)cc1. The molecule has 188 valence electrons. The normalized spacial score (nSPS) is 24.1. The quantitative estimate of drug-likeness (QED) is 0.466. The van der Waals surface area contributed by atoms with Crippen molar-refractivity contribution in [2.24, 2.45) is 5.92 Å². The van der Waals surface area contributed by atoms with Crippen molar-refractivity contribution in [3.63, 3.8) is 0 Å². The molecule has 2 heterocycles. The summed E-state index contributed by atoms with van der Waals surface area (Å²) in [5.41, 5.74) is 4.36. The first-order chi connectivity index (χ1) is 17.4. The number of amides is 2. The molecule has 0 bridgehead atoms. The predicted molar refractivity (Wildman–Crippen MR) is 145 cm³/mol. The van der Waals surface area contributed by atoms with Gasteiger partial charge in [-0.25, -0.2) is 0 Å². The lowest BCUT2D eigenvalue weighted by Gasteiger charge is -2.45. The molecule has 0 aromatic heterocycles. The van der Waals surface area contributed by atoms with Crippen LogP contribution in [0.2, 0.25) is 5.02 Å². The lowest BCUT2D eigenvalue weighted by molar-refractivity contribution is -0.159. The Labute approximate surface area is 222 Å². The van der Waals surface area contributed by atoms with Gasteiger partial charge in [-0.1, -0.05) is 67.4 Å². The zero-order valence-corrected chi connectivity index (χ0v) is 22.4. The summed E-state index contributed by atoms with van der Waals surface area (Å²) in [6.07, 6.45) is 5.92. The van der Waals surface area contributed by atoms with Crippen molar-refractivity contribution in [1.29, 1.82) is 0 Å². The Morgan fingerprint density at radius 3 is 2.33 bits per heavy atom. The van der Waals surface area contributed by atoms with E-state index < -0.39 is 12.1 Å². The topological polar surface area (TPSA) is 49.9 Å². The first-order valence-electron chi connectivity index (χ1n) is 12.4. The van der Waals surface area contributed by atoms with Crippen molar-refractivity contribution in [1.82, 2.24) is 9.80 Å². The van der Waals surface area contributed by atoms with Gasteiger partial charge in [0.05, 0.1) is 7.11 Å². The Morgan fingerprint density at radius 2 is 1.72 bits per heavy atom. The maximum absolute atomic E-state index is 14.2. The molecule has 3 unspecified atom stereocenters. The molecule has 0 radical (unpaired) electrons. The lowest BCUT2D eigenvalue weighted by Crippen LogP contribution is -2.63. The number of methoxy groups -OCH3 is 1. The molecule has 2 amide bonds. The maximum Gasteiger partial charge on any atom is 0.251 e. The van der Waals surface area contributed by atoms with Gasteiger partial charge in [0.25, 0.3) is 5.91 Å². The Kier molecular flexibility index (Phi) is 7.18. The number of hydrogen-bond acceptors (Lipinski definition) is 4. The Hall–Kier alpha value is -2.70. The lowest BCUT2D eigenvalue weighted by atomic mass is 9.86. The number of thioether (sulfide) groups is 1. The van der Waals surface area contributed by atoms with E-state index in [2.05, 4.69) is 26.0 Å². The second kappa shape index (κ2) is 10.3. The molecule has 5 nitrogen and oxygen atoms in total. The Balaban J connectivity index is 1.51. The van der Waals surface area contributed by atoms with Crippen molar-refractivity contribution in [2.45, 2.75) is 50.7 Å². The molecule has 2 aromatic rings. The third-order valence-electron chi connectivity index (χ3n) is 7.34. The number of hydrogen-bond donors (Lipinski definition) is 0. The second-order valence-corrected chi connectivity index (χ2v) is 11.4. The van der Waals surface area contributed by atoms with Crippen LogP contribution in [0.3, 0.4) is 0 Å². The van der Waals surface area contributed by atoms with E-state index in [1.165, 1.54) is 5.57 Å². The van der Waals surface area contributed by atoms with Gasteiger partial charge >= 0.3 is 0 Å². The summed E-state index contributed by atoms with van der Waals surface area (Å²) in [4.78, 5) is 31.8. The Morgan fingerprint density at radius 1 is 1.00 bits per heavy atom. The molecular formula is C29H31ClN2O3S. The van der Waals surface area contributed by atoms with Gasteiger partial charge in [-0.2, -0.15) is 0 Å². The molecule has 1 aliphatic carbocycles. The van der Waals surface area contributed by atoms with E-state index in [9.17, 15) is 9.59 Å². The highest BCUT2D eigenvalue weighted by Gasteiger charge is 2.53.